The molecule has 0 aliphatic carbocycles. The Morgan fingerprint density at radius 1 is 0.943 bits per heavy atom. The van der Waals surface area contributed by atoms with Crippen LogP contribution < -0.4 is 20.2 Å². The van der Waals surface area contributed by atoms with Crippen LogP contribution in [0, 0.1) is 0 Å². The maximum atomic E-state index is 12.9. The van der Waals surface area contributed by atoms with Gasteiger partial charge in [-0.3, -0.25) is 9.59 Å². The highest BCUT2D eigenvalue weighted by atomic mass is 16.5. The van der Waals surface area contributed by atoms with Gasteiger partial charge in [0.1, 0.15) is 23.3 Å². The van der Waals surface area contributed by atoms with Crippen LogP contribution in [0.2, 0.25) is 0 Å². The fourth-order valence-corrected chi connectivity index (χ4v) is 3.57. The van der Waals surface area contributed by atoms with Crippen molar-refractivity contribution in [2.75, 3.05) is 11.9 Å². The molecule has 180 valence electrons. The van der Waals surface area contributed by atoms with E-state index in [-0.39, 0.29) is 29.1 Å². The first-order chi connectivity index (χ1) is 16.7. The summed E-state index contributed by atoms with van der Waals surface area (Å²) in [5.41, 5.74) is 3.17. The molecule has 0 saturated heterocycles. The van der Waals surface area contributed by atoms with Gasteiger partial charge in [0.25, 0.3) is 5.91 Å². The van der Waals surface area contributed by atoms with Gasteiger partial charge in [0, 0.05) is 11.8 Å². The van der Waals surface area contributed by atoms with Crippen LogP contribution in [0.4, 0.5) is 5.69 Å². The molecule has 0 radical (unpaired) electrons. The lowest BCUT2D eigenvalue weighted by molar-refractivity contribution is -0.118. The second-order valence-electron chi connectivity index (χ2n) is 9.35. The second kappa shape index (κ2) is 10.1. The molecule has 1 heterocycles. The number of aryl methyl sites for hydroxylation is 1. The van der Waals surface area contributed by atoms with Crippen LogP contribution in [0.25, 0.3) is 11.0 Å². The van der Waals surface area contributed by atoms with E-state index in [0.29, 0.717) is 28.2 Å². The zero-order valence-electron chi connectivity index (χ0n) is 20.4. The topological polar surface area (TPSA) is 77.8 Å². The molecule has 6 nitrogen and oxygen atoms in total. The first kappa shape index (κ1) is 24.1. The highest BCUT2D eigenvalue weighted by molar-refractivity contribution is 5.92. The third kappa shape index (κ3) is 5.90. The number of nitrogens with one attached hydrogen (secondary N) is 1. The first-order valence-electron chi connectivity index (χ1n) is 11.6. The number of fused-ring (bicyclic) bond motifs is 1. The van der Waals surface area contributed by atoms with Crippen LogP contribution >= 0.6 is 0 Å². The lowest BCUT2D eigenvalue weighted by Gasteiger charge is -2.19. The summed E-state index contributed by atoms with van der Waals surface area (Å²) >= 11 is 0. The molecule has 0 aliphatic rings. The molecule has 0 unspecified atom stereocenters. The van der Waals surface area contributed by atoms with Gasteiger partial charge in [-0.1, -0.05) is 52.0 Å². The number of amides is 1. The average Bonchev–Trinajstić information content (AvgIpc) is 2.85. The number of carbonyl (C=O) groups excluding carboxylic acids is 1. The van der Waals surface area contributed by atoms with E-state index in [9.17, 15) is 9.59 Å². The van der Waals surface area contributed by atoms with E-state index in [0.717, 1.165) is 6.42 Å². The summed E-state index contributed by atoms with van der Waals surface area (Å²) in [6, 6.07) is 20.1. The highest BCUT2D eigenvalue weighted by Crippen LogP contribution is 2.27. The van der Waals surface area contributed by atoms with E-state index in [1.807, 2.05) is 48.5 Å². The molecule has 0 fully saturated rings. The van der Waals surface area contributed by atoms with Crippen molar-refractivity contribution in [2.24, 2.45) is 0 Å². The Morgan fingerprint density at radius 3 is 2.29 bits per heavy atom. The molecule has 0 spiro atoms. The van der Waals surface area contributed by atoms with E-state index < -0.39 is 0 Å². The van der Waals surface area contributed by atoms with E-state index in [1.54, 1.807) is 18.2 Å². The van der Waals surface area contributed by atoms with Crippen molar-refractivity contribution >= 4 is 22.6 Å². The number of anilines is 1. The van der Waals surface area contributed by atoms with Gasteiger partial charge in [-0.15, -0.1) is 0 Å². The van der Waals surface area contributed by atoms with Gasteiger partial charge >= 0.3 is 0 Å². The number of hydrogen-bond donors (Lipinski definition) is 1. The van der Waals surface area contributed by atoms with Crippen molar-refractivity contribution in [3.8, 4) is 17.2 Å². The predicted molar refractivity (Wildman–Crippen MR) is 138 cm³/mol. The molecule has 1 N–H and O–H groups in total. The van der Waals surface area contributed by atoms with Gasteiger partial charge in [-0.25, -0.2) is 0 Å². The Labute approximate surface area is 204 Å². The summed E-state index contributed by atoms with van der Waals surface area (Å²) in [4.78, 5) is 25.1. The summed E-state index contributed by atoms with van der Waals surface area (Å²) in [7, 11) is 0. The van der Waals surface area contributed by atoms with Crippen LogP contribution in [0.1, 0.15) is 38.8 Å². The van der Waals surface area contributed by atoms with Gasteiger partial charge in [0.2, 0.25) is 11.2 Å². The summed E-state index contributed by atoms with van der Waals surface area (Å²) in [5, 5.41) is 3.16. The van der Waals surface area contributed by atoms with Crippen molar-refractivity contribution < 1.29 is 18.7 Å². The van der Waals surface area contributed by atoms with E-state index in [1.165, 1.54) is 17.4 Å². The SMILES string of the molecule is CCc1ccc(NC(=O)COc2ccc3c(=O)c(Oc4ccc(C(C)(C)C)cc4)coc3c2)cc1. The molecule has 0 saturated carbocycles. The zero-order chi connectivity index (χ0) is 25.0. The minimum atomic E-state index is -0.286. The third-order valence-corrected chi connectivity index (χ3v) is 5.68. The predicted octanol–water partition coefficient (Wildman–Crippen LogP) is 6.46. The van der Waals surface area contributed by atoms with E-state index in [4.69, 9.17) is 13.9 Å². The monoisotopic (exact) mass is 471 g/mol. The van der Waals surface area contributed by atoms with E-state index >= 15 is 0 Å². The molecule has 4 rings (SSSR count). The van der Waals surface area contributed by atoms with Gasteiger partial charge < -0.3 is 19.2 Å². The molecule has 0 bridgehead atoms. The van der Waals surface area contributed by atoms with Gasteiger partial charge in [0.15, 0.2) is 6.61 Å². The molecule has 1 aromatic heterocycles. The second-order valence-corrected chi connectivity index (χ2v) is 9.35. The Balaban J connectivity index is 1.41. The summed E-state index contributed by atoms with van der Waals surface area (Å²) in [5.74, 6) is 0.795. The number of rotatable bonds is 7. The number of benzene rings is 3. The Hall–Kier alpha value is -4.06. The summed E-state index contributed by atoms with van der Waals surface area (Å²) in [6.07, 6.45) is 2.23. The lowest BCUT2D eigenvalue weighted by atomic mass is 9.87. The molecule has 1 amide bonds. The molecule has 3 aromatic carbocycles. The molecule has 4 aromatic rings. The fraction of sp³-hybridized carbons (Fsp3) is 0.241. The Kier molecular flexibility index (Phi) is 6.92. The van der Waals surface area contributed by atoms with Crippen molar-refractivity contribution in [1.82, 2.24) is 0 Å². The minimum absolute atomic E-state index is 0.0290. The molecule has 35 heavy (non-hydrogen) atoms. The maximum Gasteiger partial charge on any atom is 0.262 e. The molecule has 6 heteroatoms. The van der Waals surface area contributed by atoms with Crippen molar-refractivity contribution in [1.29, 1.82) is 0 Å². The van der Waals surface area contributed by atoms with Crippen LogP contribution in [0.15, 0.2) is 82.2 Å². The quantitative estimate of drug-likeness (QED) is 0.335. The van der Waals surface area contributed by atoms with Crippen LogP contribution in [-0.2, 0) is 16.6 Å². The van der Waals surface area contributed by atoms with E-state index in [2.05, 4.69) is 33.0 Å². The van der Waals surface area contributed by atoms with Gasteiger partial charge in [0.05, 0.1) is 5.39 Å². The zero-order valence-corrected chi connectivity index (χ0v) is 20.4. The Bertz CT molecular complexity index is 1380. The highest BCUT2D eigenvalue weighted by Gasteiger charge is 2.15. The summed E-state index contributed by atoms with van der Waals surface area (Å²) < 4.78 is 17.0. The fourth-order valence-electron chi connectivity index (χ4n) is 3.57. The van der Waals surface area contributed by atoms with Crippen molar-refractivity contribution in [3.05, 3.63) is 94.3 Å². The largest absolute Gasteiger partial charge is 0.484 e. The van der Waals surface area contributed by atoms with Crippen molar-refractivity contribution in [2.45, 2.75) is 39.5 Å². The Morgan fingerprint density at radius 2 is 1.63 bits per heavy atom. The van der Waals surface area contributed by atoms with Gasteiger partial charge in [-0.2, -0.15) is 0 Å². The van der Waals surface area contributed by atoms with Crippen LogP contribution in [-0.4, -0.2) is 12.5 Å². The van der Waals surface area contributed by atoms with Gasteiger partial charge in [-0.05, 0) is 59.4 Å². The number of carbonyl (C=O) groups is 1. The normalized spacial score (nSPS) is 11.3. The molecular formula is C29H29NO5. The smallest absolute Gasteiger partial charge is 0.262 e. The number of ether oxygens (including phenoxy) is 2. The molecule has 0 atom stereocenters. The number of hydrogen-bond acceptors (Lipinski definition) is 5. The first-order valence-corrected chi connectivity index (χ1v) is 11.6. The van der Waals surface area contributed by atoms with Crippen LogP contribution in [0.3, 0.4) is 0 Å². The lowest BCUT2D eigenvalue weighted by Crippen LogP contribution is -2.20. The molecular weight excluding hydrogens is 442 g/mol. The van der Waals surface area contributed by atoms with Crippen molar-refractivity contribution in [3.63, 3.8) is 0 Å². The maximum absolute atomic E-state index is 12.9. The molecule has 0 aliphatic heterocycles. The standard InChI is InChI=1S/C29H29NO5/c1-5-19-6-10-21(11-7-19)30-27(31)18-33-23-14-15-24-25(16-23)34-17-26(28(24)32)35-22-12-8-20(9-13-22)29(2,3)4/h6-17H,5,18H2,1-4H3,(H,30,31). The third-order valence-electron chi connectivity index (χ3n) is 5.68. The minimum Gasteiger partial charge on any atom is -0.484 e. The van der Waals surface area contributed by atoms with Crippen LogP contribution in [0.5, 0.6) is 17.2 Å². The average molecular weight is 472 g/mol. The summed E-state index contributed by atoms with van der Waals surface area (Å²) in [6.45, 7) is 8.31.